The van der Waals surface area contributed by atoms with Gasteiger partial charge >= 0.3 is 0 Å². The summed E-state index contributed by atoms with van der Waals surface area (Å²) in [5.74, 6) is 1.35. The lowest BCUT2D eigenvalue weighted by atomic mass is 10.1. The summed E-state index contributed by atoms with van der Waals surface area (Å²) in [5.41, 5.74) is 13.2. The molecular weight excluding hydrogens is 236 g/mol. The molecule has 3 nitrogen and oxygen atoms in total. The molecule has 0 aliphatic rings. The van der Waals surface area contributed by atoms with Crippen LogP contribution < -0.4 is 16.2 Å². The largest absolute Gasteiger partial charge is 0.454 e. The number of rotatable bonds is 2. The van der Waals surface area contributed by atoms with E-state index in [0.717, 1.165) is 10.8 Å². The highest BCUT2D eigenvalue weighted by Crippen LogP contribution is 2.35. The molecule has 0 saturated heterocycles. The molecule has 3 aromatic rings. The Kier molecular flexibility index (Phi) is 2.72. The highest BCUT2D eigenvalue weighted by atomic mass is 16.5. The zero-order chi connectivity index (χ0) is 13.2. The van der Waals surface area contributed by atoms with Gasteiger partial charge in [0.15, 0.2) is 0 Å². The van der Waals surface area contributed by atoms with Crippen LogP contribution in [0.1, 0.15) is 0 Å². The molecule has 0 aliphatic carbocycles. The maximum Gasteiger partial charge on any atom is 0.150 e. The summed E-state index contributed by atoms with van der Waals surface area (Å²) in [4.78, 5) is 0. The summed E-state index contributed by atoms with van der Waals surface area (Å²) in [6.07, 6.45) is 0. The molecule has 3 aromatic carbocycles. The van der Waals surface area contributed by atoms with Crippen LogP contribution in [0.25, 0.3) is 10.8 Å². The molecule has 0 aromatic heterocycles. The van der Waals surface area contributed by atoms with Crippen LogP contribution in [0.15, 0.2) is 60.7 Å². The fraction of sp³-hybridized carbons (Fsp3) is 0. The average molecular weight is 250 g/mol. The lowest BCUT2D eigenvalue weighted by Crippen LogP contribution is -1.94. The molecule has 0 unspecified atom stereocenters. The molecule has 3 rings (SSSR count). The first kappa shape index (κ1) is 11.4. The van der Waals surface area contributed by atoms with E-state index in [0.29, 0.717) is 22.9 Å². The van der Waals surface area contributed by atoms with Gasteiger partial charge in [-0.1, -0.05) is 36.4 Å². The summed E-state index contributed by atoms with van der Waals surface area (Å²) in [6.45, 7) is 0. The first-order valence-electron chi connectivity index (χ1n) is 6.05. The smallest absolute Gasteiger partial charge is 0.150 e. The lowest BCUT2D eigenvalue weighted by Gasteiger charge is -2.12. The third-order valence-electron chi connectivity index (χ3n) is 3.04. The molecule has 3 heteroatoms. The van der Waals surface area contributed by atoms with Crippen LogP contribution in [-0.4, -0.2) is 0 Å². The standard InChI is InChI=1S/C16H14N2O/c17-12-7-1-2-9-14(12)19-15-10-4-6-11-5-3-8-13(18)16(11)15/h1-10H,17-18H2. The second-order valence-electron chi connectivity index (χ2n) is 4.34. The fourth-order valence-corrected chi connectivity index (χ4v) is 2.11. The van der Waals surface area contributed by atoms with Gasteiger partial charge in [0.1, 0.15) is 11.5 Å². The normalized spacial score (nSPS) is 10.5. The number of anilines is 2. The van der Waals surface area contributed by atoms with Crippen molar-refractivity contribution in [3.63, 3.8) is 0 Å². The molecule has 0 aliphatic heterocycles. The molecule has 0 atom stereocenters. The van der Waals surface area contributed by atoms with Gasteiger partial charge in [0.25, 0.3) is 0 Å². The van der Waals surface area contributed by atoms with Gasteiger partial charge < -0.3 is 16.2 Å². The summed E-state index contributed by atoms with van der Waals surface area (Å²) in [5, 5.41) is 1.96. The van der Waals surface area contributed by atoms with E-state index in [-0.39, 0.29) is 0 Å². The van der Waals surface area contributed by atoms with E-state index in [9.17, 15) is 0 Å². The van der Waals surface area contributed by atoms with E-state index in [4.69, 9.17) is 16.2 Å². The number of benzene rings is 3. The molecule has 0 spiro atoms. The molecule has 4 N–H and O–H groups in total. The molecule has 0 radical (unpaired) electrons. The van der Waals surface area contributed by atoms with Gasteiger partial charge in [-0.05, 0) is 29.7 Å². The van der Waals surface area contributed by atoms with Crippen molar-refractivity contribution in [2.45, 2.75) is 0 Å². The van der Waals surface area contributed by atoms with Crippen molar-refractivity contribution in [2.24, 2.45) is 0 Å². The van der Waals surface area contributed by atoms with Crippen molar-refractivity contribution in [3.05, 3.63) is 60.7 Å². The van der Waals surface area contributed by atoms with Crippen LogP contribution in [0.5, 0.6) is 11.5 Å². The second kappa shape index (κ2) is 4.53. The monoisotopic (exact) mass is 250 g/mol. The predicted octanol–water partition coefficient (Wildman–Crippen LogP) is 3.80. The van der Waals surface area contributed by atoms with Crippen molar-refractivity contribution in [2.75, 3.05) is 11.5 Å². The first-order valence-corrected chi connectivity index (χ1v) is 6.05. The van der Waals surface area contributed by atoms with Crippen LogP contribution in [0.4, 0.5) is 11.4 Å². The maximum atomic E-state index is 6.04. The zero-order valence-electron chi connectivity index (χ0n) is 10.3. The first-order chi connectivity index (χ1) is 9.25. The maximum absolute atomic E-state index is 6.04. The predicted molar refractivity (Wildman–Crippen MR) is 79.3 cm³/mol. The topological polar surface area (TPSA) is 61.3 Å². The fourth-order valence-electron chi connectivity index (χ4n) is 2.11. The van der Waals surface area contributed by atoms with Crippen LogP contribution in [0, 0.1) is 0 Å². The van der Waals surface area contributed by atoms with E-state index in [1.807, 2.05) is 60.7 Å². The Hall–Kier alpha value is -2.68. The Balaban J connectivity index is 2.14. The van der Waals surface area contributed by atoms with Gasteiger partial charge in [-0.15, -0.1) is 0 Å². The number of ether oxygens (including phenoxy) is 1. The average Bonchev–Trinajstić information content (AvgIpc) is 2.42. The van der Waals surface area contributed by atoms with Crippen molar-refractivity contribution >= 4 is 22.1 Å². The molecule has 94 valence electrons. The Morgan fingerprint density at radius 3 is 2.05 bits per heavy atom. The van der Waals surface area contributed by atoms with E-state index in [1.54, 1.807) is 0 Å². The van der Waals surface area contributed by atoms with Crippen LogP contribution in [0.3, 0.4) is 0 Å². The minimum absolute atomic E-state index is 0.606. The number of hydrogen-bond donors (Lipinski definition) is 2. The lowest BCUT2D eigenvalue weighted by molar-refractivity contribution is 0.491. The number of nitrogen functional groups attached to an aromatic ring is 2. The Bertz CT molecular complexity index is 732. The van der Waals surface area contributed by atoms with Crippen molar-refractivity contribution in [3.8, 4) is 11.5 Å². The van der Waals surface area contributed by atoms with E-state index in [2.05, 4.69) is 0 Å². The molecular formula is C16H14N2O. The van der Waals surface area contributed by atoms with Crippen molar-refractivity contribution < 1.29 is 4.74 Å². The van der Waals surface area contributed by atoms with E-state index < -0.39 is 0 Å². The number of nitrogens with two attached hydrogens (primary N) is 2. The molecule has 0 amide bonds. The molecule has 0 bridgehead atoms. The highest BCUT2D eigenvalue weighted by molar-refractivity contribution is 5.98. The van der Waals surface area contributed by atoms with Crippen LogP contribution >= 0.6 is 0 Å². The molecule has 0 heterocycles. The summed E-state index contributed by atoms with van der Waals surface area (Å²) < 4.78 is 5.90. The zero-order valence-corrected chi connectivity index (χ0v) is 10.3. The Morgan fingerprint density at radius 2 is 1.26 bits per heavy atom. The Morgan fingerprint density at radius 1 is 0.632 bits per heavy atom. The van der Waals surface area contributed by atoms with Crippen LogP contribution in [-0.2, 0) is 0 Å². The highest BCUT2D eigenvalue weighted by Gasteiger charge is 2.07. The Labute approximate surface area is 111 Å². The number of para-hydroxylation sites is 2. The second-order valence-corrected chi connectivity index (χ2v) is 4.34. The van der Waals surface area contributed by atoms with Crippen molar-refractivity contribution in [1.82, 2.24) is 0 Å². The molecule has 0 saturated carbocycles. The molecule has 19 heavy (non-hydrogen) atoms. The van der Waals surface area contributed by atoms with Gasteiger partial charge in [0, 0.05) is 11.1 Å². The SMILES string of the molecule is Nc1ccccc1Oc1cccc2cccc(N)c12. The third kappa shape index (κ3) is 2.06. The van der Waals surface area contributed by atoms with Crippen molar-refractivity contribution in [1.29, 1.82) is 0 Å². The van der Waals surface area contributed by atoms with Gasteiger partial charge in [0.2, 0.25) is 0 Å². The van der Waals surface area contributed by atoms with Gasteiger partial charge in [-0.3, -0.25) is 0 Å². The molecule has 0 fully saturated rings. The van der Waals surface area contributed by atoms with Gasteiger partial charge in [-0.2, -0.15) is 0 Å². The van der Waals surface area contributed by atoms with E-state index >= 15 is 0 Å². The number of fused-ring (bicyclic) bond motifs is 1. The van der Waals surface area contributed by atoms with Crippen LogP contribution in [0.2, 0.25) is 0 Å². The number of hydrogen-bond acceptors (Lipinski definition) is 3. The summed E-state index contributed by atoms with van der Waals surface area (Å²) >= 11 is 0. The van der Waals surface area contributed by atoms with E-state index in [1.165, 1.54) is 0 Å². The minimum Gasteiger partial charge on any atom is -0.454 e. The summed E-state index contributed by atoms with van der Waals surface area (Å²) in [7, 11) is 0. The summed E-state index contributed by atoms with van der Waals surface area (Å²) in [6, 6.07) is 19.1. The van der Waals surface area contributed by atoms with Gasteiger partial charge in [-0.25, -0.2) is 0 Å². The quantitative estimate of drug-likeness (QED) is 0.680. The van der Waals surface area contributed by atoms with Gasteiger partial charge in [0.05, 0.1) is 5.69 Å². The minimum atomic E-state index is 0.606. The third-order valence-corrected chi connectivity index (χ3v) is 3.04.